The summed E-state index contributed by atoms with van der Waals surface area (Å²) in [6.45, 7) is 12.6. The van der Waals surface area contributed by atoms with Gasteiger partial charge in [0.05, 0.1) is 26.4 Å². The van der Waals surface area contributed by atoms with Gasteiger partial charge < -0.3 is 28.4 Å². The molecule has 0 unspecified atom stereocenters. The Bertz CT molecular complexity index is 826. The van der Waals surface area contributed by atoms with Gasteiger partial charge in [-0.15, -0.1) is 0 Å². The Morgan fingerprint density at radius 2 is 0.889 bits per heavy atom. The van der Waals surface area contributed by atoms with Crippen molar-refractivity contribution in [3.63, 3.8) is 0 Å². The highest BCUT2D eigenvalue weighted by Gasteiger charge is 2.13. The molecule has 0 saturated carbocycles. The molecule has 0 amide bonds. The zero-order valence-electron chi connectivity index (χ0n) is 22.6. The fourth-order valence-electron chi connectivity index (χ4n) is 4.37. The van der Waals surface area contributed by atoms with Crippen molar-refractivity contribution in [2.75, 3.05) is 52.9 Å². The molecule has 0 radical (unpaired) electrons. The van der Waals surface area contributed by atoms with E-state index in [1.54, 1.807) is 0 Å². The van der Waals surface area contributed by atoms with E-state index in [1.165, 1.54) is 11.1 Å². The van der Waals surface area contributed by atoms with Gasteiger partial charge in [0.1, 0.15) is 26.4 Å². The Kier molecular flexibility index (Phi) is 12.2. The van der Waals surface area contributed by atoms with Gasteiger partial charge in [0.15, 0.2) is 23.0 Å². The first kappa shape index (κ1) is 28.1. The molecule has 2 aromatic carbocycles. The Morgan fingerprint density at radius 1 is 0.528 bits per heavy atom. The first-order chi connectivity index (χ1) is 17.6. The van der Waals surface area contributed by atoms with Crippen molar-refractivity contribution < 1.29 is 28.4 Å². The minimum atomic E-state index is 0.440. The maximum atomic E-state index is 6.06. The van der Waals surface area contributed by atoms with Gasteiger partial charge in [0, 0.05) is 0 Å². The lowest BCUT2D eigenvalue weighted by Gasteiger charge is -2.18. The zero-order chi connectivity index (χ0) is 25.6. The lowest BCUT2D eigenvalue weighted by Crippen LogP contribution is -2.15. The second-order valence-corrected chi connectivity index (χ2v) is 9.41. The van der Waals surface area contributed by atoms with Crippen LogP contribution >= 0.6 is 0 Å². The van der Waals surface area contributed by atoms with Gasteiger partial charge in [-0.3, -0.25) is 0 Å². The topological polar surface area (TPSA) is 55.4 Å². The Morgan fingerprint density at radius 3 is 1.25 bits per heavy atom. The molecule has 0 fully saturated rings. The van der Waals surface area contributed by atoms with Crippen LogP contribution in [-0.4, -0.2) is 52.9 Å². The highest BCUT2D eigenvalue weighted by Crippen LogP contribution is 2.34. The van der Waals surface area contributed by atoms with Crippen molar-refractivity contribution in [3.8, 4) is 23.0 Å². The van der Waals surface area contributed by atoms with E-state index < -0.39 is 0 Å². The van der Waals surface area contributed by atoms with E-state index in [9.17, 15) is 0 Å². The minimum Gasteiger partial charge on any atom is -0.487 e. The molecule has 6 nitrogen and oxygen atoms in total. The molecule has 2 aromatic rings. The maximum absolute atomic E-state index is 6.06. The molecular weight excluding hydrogens is 456 g/mol. The van der Waals surface area contributed by atoms with Gasteiger partial charge in [0.2, 0.25) is 0 Å². The summed E-state index contributed by atoms with van der Waals surface area (Å²) in [6.07, 6.45) is 4.58. The van der Waals surface area contributed by atoms with Gasteiger partial charge in [-0.2, -0.15) is 0 Å². The predicted octanol–water partition coefficient (Wildman–Crippen LogP) is 6.76. The summed E-state index contributed by atoms with van der Waals surface area (Å²) in [7, 11) is 0. The number of ether oxygens (including phenoxy) is 6. The number of hydrogen-bond acceptors (Lipinski definition) is 6. The van der Waals surface area contributed by atoms with Crippen LogP contribution in [0.15, 0.2) is 36.4 Å². The van der Waals surface area contributed by atoms with Crippen LogP contribution in [0.4, 0.5) is 0 Å². The molecule has 1 aliphatic rings. The molecule has 0 saturated heterocycles. The predicted molar refractivity (Wildman–Crippen MR) is 143 cm³/mol. The molecule has 2 atom stereocenters. The minimum absolute atomic E-state index is 0.440. The van der Waals surface area contributed by atoms with Gasteiger partial charge in [0.25, 0.3) is 0 Å². The van der Waals surface area contributed by atoms with Crippen molar-refractivity contribution in [1.82, 2.24) is 0 Å². The molecule has 36 heavy (non-hydrogen) atoms. The number of rotatable bonds is 6. The fraction of sp³-hybridized carbons (Fsp3) is 0.600. The van der Waals surface area contributed by atoms with Crippen molar-refractivity contribution in [2.24, 2.45) is 0 Å². The highest BCUT2D eigenvalue weighted by atomic mass is 16.6. The first-order valence-corrected chi connectivity index (χ1v) is 13.6. The molecule has 1 heterocycles. The van der Waals surface area contributed by atoms with Crippen LogP contribution in [0, 0.1) is 0 Å². The Hall–Kier alpha value is -2.44. The van der Waals surface area contributed by atoms with E-state index in [1.807, 2.05) is 12.1 Å². The summed E-state index contributed by atoms with van der Waals surface area (Å²) in [6, 6.07) is 12.5. The third-order valence-corrected chi connectivity index (χ3v) is 6.46. The summed E-state index contributed by atoms with van der Waals surface area (Å²) in [4.78, 5) is 0. The monoisotopic (exact) mass is 500 g/mol. The SMILES string of the molecule is CCC[C@H](C)c1ccc2c(c1)OCCOCCOc1ccc([C@@H](C)CCC)cc1OCCOCCO2. The third kappa shape index (κ3) is 8.90. The Balaban J connectivity index is 1.63. The lowest BCUT2D eigenvalue weighted by molar-refractivity contribution is 0.0639. The molecule has 0 N–H and O–H groups in total. The zero-order valence-corrected chi connectivity index (χ0v) is 22.6. The average molecular weight is 501 g/mol. The quantitative estimate of drug-likeness (QED) is 0.437. The molecule has 1 aliphatic heterocycles. The van der Waals surface area contributed by atoms with Crippen LogP contribution in [0.1, 0.15) is 76.3 Å². The van der Waals surface area contributed by atoms with Gasteiger partial charge in [-0.1, -0.05) is 52.7 Å². The van der Waals surface area contributed by atoms with Crippen molar-refractivity contribution in [1.29, 1.82) is 0 Å². The molecule has 0 spiro atoms. The summed E-state index contributed by atoms with van der Waals surface area (Å²) >= 11 is 0. The van der Waals surface area contributed by atoms with Crippen LogP contribution in [0.2, 0.25) is 0 Å². The van der Waals surface area contributed by atoms with E-state index in [2.05, 4.69) is 52.0 Å². The summed E-state index contributed by atoms with van der Waals surface area (Å²) in [5.41, 5.74) is 2.52. The lowest BCUT2D eigenvalue weighted by atomic mass is 9.96. The molecule has 0 bridgehead atoms. The summed E-state index contributed by atoms with van der Waals surface area (Å²) in [5, 5.41) is 0. The smallest absolute Gasteiger partial charge is 0.161 e. The van der Waals surface area contributed by atoms with Crippen LogP contribution in [0.25, 0.3) is 0 Å². The second kappa shape index (κ2) is 15.6. The van der Waals surface area contributed by atoms with Gasteiger partial charge >= 0.3 is 0 Å². The maximum Gasteiger partial charge on any atom is 0.161 e. The highest BCUT2D eigenvalue weighted by molar-refractivity contribution is 5.45. The fourth-order valence-corrected chi connectivity index (χ4v) is 4.37. The van der Waals surface area contributed by atoms with E-state index >= 15 is 0 Å². The largest absolute Gasteiger partial charge is 0.487 e. The van der Waals surface area contributed by atoms with Gasteiger partial charge in [-0.05, 0) is 60.1 Å². The van der Waals surface area contributed by atoms with Crippen molar-refractivity contribution in [3.05, 3.63) is 47.5 Å². The second-order valence-electron chi connectivity index (χ2n) is 9.41. The third-order valence-electron chi connectivity index (χ3n) is 6.46. The number of benzene rings is 2. The van der Waals surface area contributed by atoms with Crippen molar-refractivity contribution in [2.45, 2.75) is 65.2 Å². The van der Waals surface area contributed by atoms with Crippen LogP contribution in [-0.2, 0) is 9.47 Å². The van der Waals surface area contributed by atoms with E-state index in [0.29, 0.717) is 64.7 Å². The Labute approximate surface area is 217 Å². The van der Waals surface area contributed by atoms with E-state index in [0.717, 1.165) is 48.7 Å². The van der Waals surface area contributed by atoms with Crippen LogP contribution in [0.3, 0.4) is 0 Å². The average Bonchev–Trinajstić information content (AvgIpc) is 2.88. The normalized spacial score (nSPS) is 17.4. The van der Waals surface area contributed by atoms with E-state index in [-0.39, 0.29) is 0 Å². The number of fused-ring (bicyclic) bond motifs is 2. The van der Waals surface area contributed by atoms with E-state index in [4.69, 9.17) is 28.4 Å². The standard InChI is InChI=1S/C30H44O6/c1-5-7-23(3)25-9-11-27-29(21-25)35-19-15-31-14-18-34-28-12-10-26(24(4)8-6-2)22-30(28)36-20-16-32-13-17-33-27/h9-12,21-24H,5-8,13-20H2,1-4H3/t23-,24-/m0/s1. The summed E-state index contributed by atoms with van der Waals surface area (Å²) < 4.78 is 35.7. The number of hydrogen-bond donors (Lipinski definition) is 0. The van der Waals surface area contributed by atoms with Crippen LogP contribution < -0.4 is 18.9 Å². The molecule has 6 heteroatoms. The van der Waals surface area contributed by atoms with Crippen molar-refractivity contribution >= 4 is 0 Å². The molecule has 3 rings (SSSR count). The molecule has 200 valence electrons. The van der Waals surface area contributed by atoms with Crippen LogP contribution in [0.5, 0.6) is 23.0 Å². The molecular formula is C30H44O6. The molecule has 0 aromatic heterocycles. The summed E-state index contributed by atoms with van der Waals surface area (Å²) in [5.74, 6) is 3.91. The molecule has 0 aliphatic carbocycles. The first-order valence-electron chi connectivity index (χ1n) is 13.6. The van der Waals surface area contributed by atoms with Gasteiger partial charge in [-0.25, -0.2) is 0 Å².